The number of likely N-dealkylation sites (N-methyl/N-ethyl adjacent to an activating group) is 1. The van der Waals surface area contributed by atoms with Crippen molar-refractivity contribution in [1.29, 1.82) is 0 Å². The molecule has 0 radical (unpaired) electrons. The average Bonchev–Trinajstić information content (AvgIpc) is 3.53. The maximum absolute atomic E-state index is 13.5. The first kappa shape index (κ1) is 18.7. The quantitative estimate of drug-likeness (QED) is 0.734. The zero-order valence-corrected chi connectivity index (χ0v) is 16.7. The average molecular weight is 377 g/mol. The molecule has 2 aliphatic rings. The van der Waals surface area contributed by atoms with E-state index in [1.54, 1.807) is 4.90 Å². The Kier molecular flexibility index (Phi) is 4.96. The highest BCUT2D eigenvalue weighted by molar-refractivity contribution is 6.08. The maximum Gasteiger partial charge on any atom is 0.237 e. The van der Waals surface area contributed by atoms with Gasteiger partial charge in [-0.1, -0.05) is 48.5 Å². The van der Waals surface area contributed by atoms with Gasteiger partial charge in [-0.05, 0) is 49.8 Å². The number of amides is 2. The zero-order valence-electron chi connectivity index (χ0n) is 16.7. The first-order valence-electron chi connectivity index (χ1n) is 10.3. The van der Waals surface area contributed by atoms with E-state index >= 15 is 0 Å². The van der Waals surface area contributed by atoms with Gasteiger partial charge in [-0.15, -0.1) is 0 Å². The lowest BCUT2D eigenvalue weighted by atomic mass is 9.73. The van der Waals surface area contributed by atoms with Gasteiger partial charge in [0, 0.05) is 31.7 Å². The standard InChI is InChI=1S/C24H28N2O2/c1-3-26(19-13-14-19)22(27)15-16-24(17-18-9-5-4-6-10-18)20-11-7-8-12-21(20)25(2)23(24)28/h4-12,19H,3,13-17H2,1-2H3/t24-/m1/s1. The summed E-state index contributed by atoms with van der Waals surface area (Å²) in [5.41, 5.74) is 2.47. The molecule has 1 aliphatic carbocycles. The first-order chi connectivity index (χ1) is 13.6. The smallest absolute Gasteiger partial charge is 0.237 e. The van der Waals surface area contributed by atoms with Crippen LogP contribution in [0.15, 0.2) is 54.6 Å². The van der Waals surface area contributed by atoms with Crippen LogP contribution in [0, 0.1) is 0 Å². The maximum atomic E-state index is 13.5. The monoisotopic (exact) mass is 376 g/mol. The third kappa shape index (κ3) is 3.21. The van der Waals surface area contributed by atoms with Gasteiger partial charge in [-0.2, -0.15) is 0 Å². The van der Waals surface area contributed by atoms with Gasteiger partial charge in [-0.25, -0.2) is 0 Å². The molecule has 2 aromatic rings. The van der Waals surface area contributed by atoms with E-state index in [4.69, 9.17) is 0 Å². The second kappa shape index (κ2) is 7.42. The van der Waals surface area contributed by atoms with Crippen LogP contribution in [0.1, 0.15) is 43.7 Å². The molecule has 1 fully saturated rings. The molecule has 2 aromatic carbocycles. The van der Waals surface area contributed by atoms with Crippen LogP contribution in [0.2, 0.25) is 0 Å². The highest BCUT2D eigenvalue weighted by Crippen LogP contribution is 2.46. The summed E-state index contributed by atoms with van der Waals surface area (Å²) in [7, 11) is 1.85. The van der Waals surface area contributed by atoms with Crippen LogP contribution in [0.4, 0.5) is 5.69 Å². The first-order valence-corrected chi connectivity index (χ1v) is 10.3. The van der Waals surface area contributed by atoms with Gasteiger partial charge in [0.25, 0.3) is 0 Å². The normalized spacial score (nSPS) is 20.9. The third-order valence-electron chi connectivity index (χ3n) is 6.26. The van der Waals surface area contributed by atoms with Gasteiger partial charge >= 0.3 is 0 Å². The molecule has 28 heavy (non-hydrogen) atoms. The Morgan fingerprint density at radius 2 is 1.79 bits per heavy atom. The molecule has 1 aliphatic heterocycles. The van der Waals surface area contributed by atoms with Crippen molar-refractivity contribution >= 4 is 17.5 Å². The lowest BCUT2D eigenvalue weighted by molar-refractivity contribution is -0.132. The second-order valence-electron chi connectivity index (χ2n) is 8.04. The van der Waals surface area contributed by atoms with Gasteiger partial charge in [0.05, 0.1) is 5.41 Å². The summed E-state index contributed by atoms with van der Waals surface area (Å²) in [6.07, 6.45) is 3.80. The highest BCUT2D eigenvalue weighted by atomic mass is 16.2. The Morgan fingerprint density at radius 1 is 1.11 bits per heavy atom. The van der Waals surface area contributed by atoms with E-state index in [1.165, 1.54) is 0 Å². The molecule has 1 heterocycles. The van der Waals surface area contributed by atoms with Crippen molar-refractivity contribution in [3.05, 3.63) is 65.7 Å². The van der Waals surface area contributed by atoms with Crippen LogP contribution in [0.5, 0.6) is 0 Å². The molecule has 146 valence electrons. The minimum absolute atomic E-state index is 0.0971. The molecule has 0 bridgehead atoms. The highest BCUT2D eigenvalue weighted by Gasteiger charge is 2.49. The van der Waals surface area contributed by atoms with Crippen LogP contribution >= 0.6 is 0 Å². The molecule has 0 aromatic heterocycles. The molecule has 4 nitrogen and oxygen atoms in total. The predicted octanol–water partition coefficient (Wildman–Crippen LogP) is 3.93. The minimum Gasteiger partial charge on any atom is -0.340 e. The molecule has 0 N–H and O–H groups in total. The number of hydrogen-bond donors (Lipinski definition) is 0. The molecule has 0 saturated heterocycles. The topological polar surface area (TPSA) is 40.6 Å². The van der Waals surface area contributed by atoms with E-state index in [-0.39, 0.29) is 11.8 Å². The third-order valence-corrected chi connectivity index (χ3v) is 6.26. The molecular formula is C24H28N2O2. The van der Waals surface area contributed by atoms with Gasteiger partial charge < -0.3 is 9.80 Å². The molecule has 1 atom stereocenters. The fraction of sp³-hybridized carbons (Fsp3) is 0.417. The van der Waals surface area contributed by atoms with Crippen molar-refractivity contribution in [2.45, 2.75) is 50.5 Å². The van der Waals surface area contributed by atoms with Crippen LogP contribution < -0.4 is 4.90 Å². The van der Waals surface area contributed by atoms with E-state index in [1.807, 2.05) is 55.3 Å². The number of carbonyl (C=O) groups excluding carboxylic acids is 2. The fourth-order valence-electron chi connectivity index (χ4n) is 4.65. The second-order valence-corrected chi connectivity index (χ2v) is 8.04. The Labute approximate surface area is 167 Å². The van der Waals surface area contributed by atoms with Crippen LogP contribution in [0.25, 0.3) is 0 Å². The number of benzene rings is 2. The number of carbonyl (C=O) groups is 2. The van der Waals surface area contributed by atoms with Crippen LogP contribution in [-0.2, 0) is 21.4 Å². The van der Waals surface area contributed by atoms with Gasteiger partial charge in [0.2, 0.25) is 11.8 Å². The lowest BCUT2D eigenvalue weighted by Gasteiger charge is -2.30. The van der Waals surface area contributed by atoms with E-state index in [9.17, 15) is 9.59 Å². The summed E-state index contributed by atoms with van der Waals surface area (Å²) < 4.78 is 0. The summed E-state index contributed by atoms with van der Waals surface area (Å²) in [5, 5.41) is 0. The number of nitrogens with zero attached hydrogens (tertiary/aromatic N) is 2. The van der Waals surface area contributed by atoms with Crippen molar-refractivity contribution < 1.29 is 9.59 Å². The van der Waals surface area contributed by atoms with Gasteiger partial charge in [0.15, 0.2) is 0 Å². The van der Waals surface area contributed by atoms with E-state index in [0.717, 1.165) is 36.2 Å². The lowest BCUT2D eigenvalue weighted by Crippen LogP contribution is -2.42. The Morgan fingerprint density at radius 3 is 2.46 bits per heavy atom. The number of rotatable bonds is 7. The van der Waals surface area contributed by atoms with E-state index in [2.05, 4.69) is 18.2 Å². The largest absolute Gasteiger partial charge is 0.340 e. The SMILES string of the molecule is CCN(C(=O)CC[C@]1(Cc2ccccc2)C(=O)N(C)c2ccccc21)C1CC1. The molecule has 4 rings (SSSR count). The molecule has 0 spiro atoms. The van der Waals surface area contributed by atoms with Crippen LogP contribution in [0.3, 0.4) is 0 Å². The molecular weight excluding hydrogens is 348 g/mol. The number of para-hydroxylation sites is 1. The van der Waals surface area contributed by atoms with E-state index in [0.29, 0.717) is 25.3 Å². The Hall–Kier alpha value is -2.62. The molecule has 4 heteroatoms. The minimum atomic E-state index is -0.675. The van der Waals surface area contributed by atoms with Crippen molar-refractivity contribution in [2.75, 3.05) is 18.5 Å². The van der Waals surface area contributed by atoms with Crippen molar-refractivity contribution in [2.24, 2.45) is 0 Å². The predicted molar refractivity (Wildman–Crippen MR) is 111 cm³/mol. The summed E-state index contributed by atoms with van der Waals surface area (Å²) in [6, 6.07) is 18.6. The van der Waals surface area contributed by atoms with Gasteiger partial charge in [-0.3, -0.25) is 9.59 Å². The Balaban J connectivity index is 1.67. The van der Waals surface area contributed by atoms with Crippen molar-refractivity contribution in [3.63, 3.8) is 0 Å². The molecule has 1 saturated carbocycles. The summed E-state index contributed by atoms with van der Waals surface area (Å²) in [5.74, 6) is 0.275. The summed E-state index contributed by atoms with van der Waals surface area (Å²) in [6.45, 7) is 2.79. The summed E-state index contributed by atoms with van der Waals surface area (Å²) >= 11 is 0. The number of anilines is 1. The summed E-state index contributed by atoms with van der Waals surface area (Å²) in [4.78, 5) is 30.2. The van der Waals surface area contributed by atoms with E-state index < -0.39 is 5.41 Å². The fourth-order valence-corrected chi connectivity index (χ4v) is 4.65. The Bertz CT molecular complexity index is 875. The number of hydrogen-bond acceptors (Lipinski definition) is 2. The zero-order chi connectivity index (χ0) is 19.7. The molecule has 2 amide bonds. The molecule has 0 unspecified atom stereocenters. The number of fused-ring (bicyclic) bond motifs is 1. The van der Waals surface area contributed by atoms with Crippen LogP contribution in [-0.4, -0.2) is 36.3 Å². The van der Waals surface area contributed by atoms with Gasteiger partial charge in [0.1, 0.15) is 0 Å². The van der Waals surface area contributed by atoms with Crippen molar-refractivity contribution in [1.82, 2.24) is 4.90 Å². The van der Waals surface area contributed by atoms with Crippen molar-refractivity contribution in [3.8, 4) is 0 Å².